The number of rotatable bonds is 3. The molecule has 18 heavy (non-hydrogen) atoms. The van der Waals surface area contributed by atoms with Gasteiger partial charge in [0.1, 0.15) is 6.07 Å². The molecule has 5 nitrogen and oxygen atoms in total. The summed E-state index contributed by atoms with van der Waals surface area (Å²) in [6.07, 6.45) is 1.32. The van der Waals surface area contributed by atoms with Crippen LogP contribution in [0.5, 0.6) is 0 Å². The molecule has 0 radical (unpaired) electrons. The number of nitrogens with one attached hydrogen (secondary N) is 1. The first-order chi connectivity index (χ1) is 8.63. The number of sulfonamides is 1. The summed E-state index contributed by atoms with van der Waals surface area (Å²) in [5.41, 5.74) is 0.164. The van der Waals surface area contributed by atoms with E-state index >= 15 is 0 Å². The molecule has 1 fully saturated rings. The van der Waals surface area contributed by atoms with Gasteiger partial charge in [0.05, 0.1) is 10.5 Å². The second-order valence-corrected chi connectivity index (χ2v) is 5.80. The largest absolute Gasteiger partial charge is 0.381 e. The third kappa shape index (κ3) is 2.88. The predicted octanol–water partition coefficient (Wildman–Crippen LogP) is 1.02. The van der Waals surface area contributed by atoms with Crippen molar-refractivity contribution in [2.45, 2.75) is 23.8 Å². The molecule has 1 aliphatic heterocycles. The molecule has 0 bridgehead atoms. The highest BCUT2D eigenvalue weighted by Gasteiger charge is 2.23. The van der Waals surface area contributed by atoms with Gasteiger partial charge in [-0.05, 0) is 25.0 Å². The first-order valence-electron chi connectivity index (χ1n) is 5.73. The van der Waals surface area contributed by atoms with E-state index in [0.29, 0.717) is 26.1 Å². The zero-order valence-corrected chi connectivity index (χ0v) is 10.6. The third-order valence-electron chi connectivity index (χ3n) is 2.84. The molecule has 0 spiro atoms. The summed E-state index contributed by atoms with van der Waals surface area (Å²) in [6.45, 7) is 1.13. The lowest BCUT2D eigenvalue weighted by Crippen LogP contribution is -2.39. The summed E-state index contributed by atoms with van der Waals surface area (Å²) >= 11 is 0. The van der Waals surface area contributed by atoms with Crippen LogP contribution in [0.15, 0.2) is 29.2 Å². The van der Waals surface area contributed by atoms with Crippen LogP contribution in [0.3, 0.4) is 0 Å². The fourth-order valence-electron chi connectivity index (χ4n) is 1.89. The molecule has 0 aromatic heterocycles. The average molecular weight is 266 g/mol. The van der Waals surface area contributed by atoms with E-state index < -0.39 is 10.0 Å². The van der Waals surface area contributed by atoms with Gasteiger partial charge in [0.2, 0.25) is 10.0 Å². The van der Waals surface area contributed by atoms with Gasteiger partial charge in [-0.3, -0.25) is 0 Å². The quantitative estimate of drug-likeness (QED) is 0.885. The van der Waals surface area contributed by atoms with Gasteiger partial charge in [0.25, 0.3) is 0 Å². The van der Waals surface area contributed by atoms with E-state index in [-0.39, 0.29) is 16.5 Å². The molecule has 0 atom stereocenters. The van der Waals surface area contributed by atoms with Gasteiger partial charge in [0, 0.05) is 19.3 Å². The molecule has 6 heteroatoms. The number of hydrogen-bond acceptors (Lipinski definition) is 4. The molecule has 0 unspecified atom stereocenters. The summed E-state index contributed by atoms with van der Waals surface area (Å²) < 4.78 is 32.2. The molecule has 1 N–H and O–H groups in total. The molecule has 1 heterocycles. The monoisotopic (exact) mass is 266 g/mol. The summed E-state index contributed by atoms with van der Waals surface area (Å²) in [5, 5.41) is 8.93. The zero-order chi connectivity index (χ0) is 13.0. The Hall–Kier alpha value is -1.42. The molecular weight excluding hydrogens is 252 g/mol. The second-order valence-electron chi connectivity index (χ2n) is 4.12. The number of nitriles is 1. The van der Waals surface area contributed by atoms with Crippen LogP contribution >= 0.6 is 0 Å². The van der Waals surface area contributed by atoms with Crippen molar-refractivity contribution in [3.05, 3.63) is 29.8 Å². The lowest BCUT2D eigenvalue weighted by atomic mass is 10.1. The predicted molar refractivity (Wildman–Crippen MR) is 65.3 cm³/mol. The summed E-state index contributed by atoms with van der Waals surface area (Å²) in [4.78, 5) is 0.0407. The van der Waals surface area contributed by atoms with Crippen molar-refractivity contribution in [3.63, 3.8) is 0 Å². The van der Waals surface area contributed by atoms with Crippen LogP contribution in [0.2, 0.25) is 0 Å². The minimum absolute atomic E-state index is 0.0407. The van der Waals surface area contributed by atoms with Gasteiger partial charge in [0.15, 0.2) is 0 Å². The molecule has 1 aromatic rings. The normalized spacial score (nSPS) is 17.3. The van der Waals surface area contributed by atoms with Crippen LogP contribution in [0, 0.1) is 11.3 Å². The highest BCUT2D eigenvalue weighted by atomic mass is 32.2. The van der Waals surface area contributed by atoms with Crippen LogP contribution in [-0.4, -0.2) is 27.7 Å². The van der Waals surface area contributed by atoms with Gasteiger partial charge >= 0.3 is 0 Å². The molecule has 1 aromatic carbocycles. The molecule has 1 saturated heterocycles. The Balaban J connectivity index is 2.22. The van der Waals surface area contributed by atoms with E-state index in [9.17, 15) is 8.42 Å². The second kappa shape index (κ2) is 5.48. The van der Waals surface area contributed by atoms with Crippen molar-refractivity contribution in [1.29, 1.82) is 5.26 Å². The Morgan fingerprint density at radius 3 is 2.61 bits per heavy atom. The van der Waals surface area contributed by atoms with E-state index in [2.05, 4.69) is 4.72 Å². The first-order valence-corrected chi connectivity index (χ1v) is 7.21. The number of hydrogen-bond donors (Lipinski definition) is 1. The Bertz CT molecular complexity index is 557. The highest BCUT2D eigenvalue weighted by molar-refractivity contribution is 7.89. The summed E-state index contributed by atoms with van der Waals surface area (Å²) in [6, 6.07) is 7.98. The SMILES string of the molecule is N#Cc1ccccc1S(=O)(=O)NC1CCOCC1. The van der Waals surface area contributed by atoms with Crippen molar-refractivity contribution in [2.75, 3.05) is 13.2 Å². The Morgan fingerprint density at radius 1 is 1.28 bits per heavy atom. The molecule has 0 amide bonds. The molecular formula is C12H14N2O3S. The standard InChI is InChI=1S/C12H14N2O3S/c13-9-10-3-1-2-4-12(10)18(15,16)14-11-5-7-17-8-6-11/h1-4,11,14H,5-8H2. The fraction of sp³-hybridized carbons (Fsp3) is 0.417. The maximum Gasteiger partial charge on any atom is 0.242 e. The molecule has 96 valence electrons. The van der Waals surface area contributed by atoms with Gasteiger partial charge in [-0.25, -0.2) is 13.1 Å². The van der Waals surface area contributed by atoms with E-state index in [0.717, 1.165) is 0 Å². The highest BCUT2D eigenvalue weighted by Crippen LogP contribution is 2.16. The van der Waals surface area contributed by atoms with E-state index in [4.69, 9.17) is 10.00 Å². The summed E-state index contributed by atoms with van der Waals surface area (Å²) in [5.74, 6) is 0. The minimum Gasteiger partial charge on any atom is -0.381 e. The fourth-order valence-corrected chi connectivity index (χ4v) is 3.35. The summed E-state index contributed by atoms with van der Waals surface area (Å²) in [7, 11) is -3.63. The molecule has 0 saturated carbocycles. The van der Waals surface area contributed by atoms with Gasteiger partial charge in [-0.2, -0.15) is 5.26 Å². The van der Waals surface area contributed by atoms with Crippen LogP contribution < -0.4 is 4.72 Å². The van der Waals surface area contributed by atoms with Crippen molar-refractivity contribution in [3.8, 4) is 6.07 Å². The Morgan fingerprint density at radius 2 is 1.94 bits per heavy atom. The van der Waals surface area contributed by atoms with Crippen molar-refractivity contribution in [2.24, 2.45) is 0 Å². The average Bonchev–Trinajstić information content (AvgIpc) is 2.39. The third-order valence-corrected chi connectivity index (χ3v) is 4.42. The van der Waals surface area contributed by atoms with Crippen LogP contribution in [0.25, 0.3) is 0 Å². The van der Waals surface area contributed by atoms with Crippen molar-refractivity contribution >= 4 is 10.0 Å². The lowest BCUT2D eigenvalue weighted by molar-refractivity contribution is 0.0832. The van der Waals surface area contributed by atoms with E-state index in [1.54, 1.807) is 12.1 Å². The lowest BCUT2D eigenvalue weighted by Gasteiger charge is -2.23. The van der Waals surface area contributed by atoms with Gasteiger partial charge in [-0.1, -0.05) is 12.1 Å². The Kier molecular flexibility index (Phi) is 3.97. The number of ether oxygens (including phenoxy) is 1. The Labute approximate surface area is 106 Å². The van der Waals surface area contributed by atoms with Crippen LogP contribution in [-0.2, 0) is 14.8 Å². The number of benzene rings is 1. The smallest absolute Gasteiger partial charge is 0.242 e. The first kappa shape index (κ1) is 13.0. The van der Waals surface area contributed by atoms with E-state index in [1.807, 2.05) is 6.07 Å². The maximum atomic E-state index is 12.2. The zero-order valence-electron chi connectivity index (χ0n) is 9.80. The van der Waals surface area contributed by atoms with Gasteiger partial charge < -0.3 is 4.74 Å². The van der Waals surface area contributed by atoms with Crippen molar-refractivity contribution in [1.82, 2.24) is 4.72 Å². The minimum atomic E-state index is -3.63. The van der Waals surface area contributed by atoms with Gasteiger partial charge in [-0.15, -0.1) is 0 Å². The maximum absolute atomic E-state index is 12.2. The van der Waals surface area contributed by atoms with Crippen LogP contribution in [0.1, 0.15) is 18.4 Å². The number of nitrogens with zero attached hydrogens (tertiary/aromatic N) is 1. The molecule has 1 aliphatic rings. The van der Waals surface area contributed by atoms with E-state index in [1.165, 1.54) is 12.1 Å². The van der Waals surface area contributed by atoms with Crippen molar-refractivity contribution < 1.29 is 13.2 Å². The topological polar surface area (TPSA) is 79.2 Å². The molecule has 2 rings (SSSR count). The molecule has 0 aliphatic carbocycles. The van der Waals surface area contributed by atoms with Crippen LogP contribution in [0.4, 0.5) is 0 Å².